The standard InChI is InChI=1S/C20H18/c1-3-7-15(8-4-1)11-17-12-19-13-18(17)14-20(19)16-9-5-2-6-10-16/h1-10,12,14,18-19H,11,13H2/t18-,19+/m0/s1. The minimum absolute atomic E-state index is 0.640. The highest BCUT2D eigenvalue weighted by atomic mass is 14.4. The molecular formula is C20H18. The van der Waals surface area contributed by atoms with Crippen LogP contribution in [0.1, 0.15) is 17.5 Å². The monoisotopic (exact) mass is 258 g/mol. The second-order valence-corrected chi connectivity index (χ2v) is 5.84. The molecule has 0 saturated carbocycles. The molecule has 0 saturated heterocycles. The molecule has 2 aromatic carbocycles. The van der Waals surface area contributed by atoms with Gasteiger partial charge in [-0.3, -0.25) is 0 Å². The zero-order valence-corrected chi connectivity index (χ0v) is 11.5. The molecule has 2 atom stereocenters. The second-order valence-electron chi connectivity index (χ2n) is 5.84. The molecule has 0 unspecified atom stereocenters. The van der Waals surface area contributed by atoms with Crippen molar-refractivity contribution in [3.05, 3.63) is 89.5 Å². The maximum Gasteiger partial charge on any atom is 0.00326 e. The van der Waals surface area contributed by atoms with Gasteiger partial charge in [-0.1, -0.05) is 78.4 Å². The number of benzene rings is 2. The Morgan fingerprint density at radius 1 is 0.750 bits per heavy atom. The fourth-order valence-corrected chi connectivity index (χ4v) is 3.57. The molecule has 20 heavy (non-hydrogen) atoms. The zero-order chi connectivity index (χ0) is 13.4. The van der Waals surface area contributed by atoms with Crippen molar-refractivity contribution in [1.82, 2.24) is 0 Å². The Labute approximate surface area is 120 Å². The summed E-state index contributed by atoms with van der Waals surface area (Å²) in [6.07, 6.45) is 7.41. The van der Waals surface area contributed by atoms with Gasteiger partial charge in [0, 0.05) is 5.92 Å². The average Bonchev–Trinajstić information content (AvgIpc) is 3.09. The predicted molar refractivity (Wildman–Crippen MR) is 84.2 cm³/mol. The minimum atomic E-state index is 0.640. The van der Waals surface area contributed by atoms with Gasteiger partial charge in [-0.2, -0.15) is 0 Å². The molecule has 2 aliphatic carbocycles. The van der Waals surface area contributed by atoms with Crippen LogP contribution in [-0.2, 0) is 6.42 Å². The Bertz CT molecular complexity index is 662. The lowest BCUT2D eigenvalue weighted by atomic mass is 9.91. The Hall–Kier alpha value is -2.08. The molecular weight excluding hydrogens is 240 g/mol. The number of hydrogen-bond donors (Lipinski definition) is 0. The Kier molecular flexibility index (Phi) is 2.81. The fourth-order valence-electron chi connectivity index (χ4n) is 3.57. The smallest absolute Gasteiger partial charge is 0.00326 e. The van der Waals surface area contributed by atoms with E-state index in [-0.39, 0.29) is 0 Å². The summed E-state index contributed by atoms with van der Waals surface area (Å²) >= 11 is 0. The van der Waals surface area contributed by atoms with E-state index >= 15 is 0 Å². The molecule has 98 valence electrons. The Morgan fingerprint density at radius 3 is 2.10 bits per heavy atom. The van der Waals surface area contributed by atoms with E-state index in [1.165, 1.54) is 23.1 Å². The summed E-state index contributed by atoms with van der Waals surface area (Å²) in [6, 6.07) is 21.6. The van der Waals surface area contributed by atoms with Gasteiger partial charge in [0.15, 0.2) is 0 Å². The van der Waals surface area contributed by atoms with Crippen molar-refractivity contribution in [2.45, 2.75) is 12.8 Å². The van der Waals surface area contributed by atoms with E-state index in [2.05, 4.69) is 72.8 Å². The van der Waals surface area contributed by atoms with Crippen LogP contribution in [0.15, 0.2) is 78.4 Å². The lowest BCUT2D eigenvalue weighted by Crippen LogP contribution is -1.99. The summed E-state index contributed by atoms with van der Waals surface area (Å²) in [5, 5.41) is 0. The first-order valence-electron chi connectivity index (χ1n) is 7.42. The van der Waals surface area contributed by atoms with Crippen LogP contribution in [-0.4, -0.2) is 0 Å². The van der Waals surface area contributed by atoms with E-state index < -0.39 is 0 Å². The van der Waals surface area contributed by atoms with Crippen molar-refractivity contribution < 1.29 is 0 Å². The SMILES string of the molecule is C1=C(Cc2ccccc2)[C@@H]2C=C(c3ccccc3)[C@H]1C2. The van der Waals surface area contributed by atoms with Crippen molar-refractivity contribution in [3.63, 3.8) is 0 Å². The van der Waals surface area contributed by atoms with E-state index in [4.69, 9.17) is 0 Å². The highest BCUT2D eigenvalue weighted by Crippen LogP contribution is 2.47. The van der Waals surface area contributed by atoms with Gasteiger partial charge in [-0.25, -0.2) is 0 Å². The third-order valence-electron chi connectivity index (χ3n) is 4.54. The normalized spacial score (nSPS) is 23.6. The van der Waals surface area contributed by atoms with Crippen LogP contribution in [0.2, 0.25) is 0 Å². The number of fused-ring (bicyclic) bond motifs is 2. The molecule has 2 bridgehead atoms. The van der Waals surface area contributed by atoms with E-state index in [1.54, 1.807) is 5.57 Å². The molecule has 0 amide bonds. The lowest BCUT2D eigenvalue weighted by Gasteiger charge is -2.14. The molecule has 0 heteroatoms. The lowest BCUT2D eigenvalue weighted by molar-refractivity contribution is 0.708. The molecule has 0 N–H and O–H groups in total. The van der Waals surface area contributed by atoms with Gasteiger partial charge in [-0.05, 0) is 35.5 Å². The van der Waals surface area contributed by atoms with E-state index in [1.807, 2.05) is 0 Å². The first kappa shape index (κ1) is 11.7. The van der Waals surface area contributed by atoms with Gasteiger partial charge >= 0.3 is 0 Å². The molecule has 0 fully saturated rings. The molecule has 0 radical (unpaired) electrons. The highest BCUT2D eigenvalue weighted by Gasteiger charge is 2.33. The van der Waals surface area contributed by atoms with Crippen LogP contribution >= 0.6 is 0 Å². The van der Waals surface area contributed by atoms with Crippen LogP contribution in [0.5, 0.6) is 0 Å². The Balaban J connectivity index is 1.55. The molecule has 2 aromatic rings. The van der Waals surface area contributed by atoms with Gasteiger partial charge in [0.25, 0.3) is 0 Å². The van der Waals surface area contributed by atoms with Gasteiger partial charge in [0.1, 0.15) is 0 Å². The Morgan fingerprint density at radius 2 is 1.45 bits per heavy atom. The molecule has 0 heterocycles. The quantitative estimate of drug-likeness (QED) is 0.688. The predicted octanol–water partition coefficient (Wildman–Crippen LogP) is 4.89. The molecule has 0 nitrogen and oxygen atoms in total. The van der Waals surface area contributed by atoms with E-state index in [0.29, 0.717) is 11.8 Å². The number of hydrogen-bond acceptors (Lipinski definition) is 0. The minimum Gasteiger partial charge on any atom is -0.0768 e. The van der Waals surface area contributed by atoms with Crippen molar-refractivity contribution in [1.29, 1.82) is 0 Å². The first-order chi connectivity index (χ1) is 9.90. The zero-order valence-electron chi connectivity index (χ0n) is 11.5. The molecule has 2 aliphatic rings. The molecule has 0 aliphatic heterocycles. The maximum absolute atomic E-state index is 2.51. The van der Waals surface area contributed by atoms with Crippen LogP contribution in [0.3, 0.4) is 0 Å². The summed E-state index contributed by atoms with van der Waals surface area (Å²) in [5.41, 5.74) is 5.98. The summed E-state index contributed by atoms with van der Waals surface area (Å²) in [7, 11) is 0. The number of rotatable bonds is 3. The summed E-state index contributed by atoms with van der Waals surface area (Å²) < 4.78 is 0. The van der Waals surface area contributed by atoms with Crippen LogP contribution < -0.4 is 0 Å². The molecule has 4 rings (SSSR count). The first-order valence-corrected chi connectivity index (χ1v) is 7.42. The largest absolute Gasteiger partial charge is 0.0768 e. The summed E-state index contributed by atoms with van der Waals surface area (Å²) in [4.78, 5) is 0. The van der Waals surface area contributed by atoms with Crippen molar-refractivity contribution in [2.24, 2.45) is 11.8 Å². The van der Waals surface area contributed by atoms with Crippen LogP contribution in [0, 0.1) is 11.8 Å². The highest BCUT2D eigenvalue weighted by molar-refractivity contribution is 5.74. The summed E-state index contributed by atoms with van der Waals surface area (Å²) in [5.74, 6) is 1.30. The maximum atomic E-state index is 2.51. The van der Waals surface area contributed by atoms with E-state index in [0.717, 1.165) is 6.42 Å². The van der Waals surface area contributed by atoms with Gasteiger partial charge in [-0.15, -0.1) is 0 Å². The van der Waals surface area contributed by atoms with Gasteiger partial charge in [0.05, 0.1) is 0 Å². The van der Waals surface area contributed by atoms with Crippen molar-refractivity contribution in [3.8, 4) is 0 Å². The average molecular weight is 258 g/mol. The fraction of sp³-hybridized carbons (Fsp3) is 0.200. The van der Waals surface area contributed by atoms with Crippen LogP contribution in [0.25, 0.3) is 5.57 Å². The third-order valence-corrected chi connectivity index (χ3v) is 4.54. The topological polar surface area (TPSA) is 0 Å². The number of allylic oxidation sites excluding steroid dienone is 4. The summed E-state index contributed by atoms with van der Waals surface area (Å²) in [6.45, 7) is 0. The molecule has 0 aromatic heterocycles. The second kappa shape index (κ2) is 4.79. The van der Waals surface area contributed by atoms with E-state index in [9.17, 15) is 0 Å². The third kappa shape index (κ3) is 2.02. The molecule has 0 spiro atoms. The van der Waals surface area contributed by atoms with Crippen molar-refractivity contribution in [2.75, 3.05) is 0 Å². The van der Waals surface area contributed by atoms with Crippen LogP contribution in [0.4, 0.5) is 0 Å². The van der Waals surface area contributed by atoms with Crippen molar-refractivity contribution >= 4 is 5.57 Å². The van der Waals surface area contributed by atoms with Gasteiger partial charge in [0.2, 0.25) is 0 Å². The van der Waals surface area contributed by atoms with Gasteiger partial charge < -0.3 is 0 Å².